The average molecular weight is 456 g/mol. The van der Waals surface area contributed by atoms with Gasteiger partial charge in [0.2, 0.25) is 12.0 Å². The van der Waals surface area contributed by atoms with Crippen LogP contribution in [0.3, 0.4) is 0 Å². The number of aromatic nitrogens is 3. The first-order valence-electron chi connectivity index (χ1n) is 11.4. The predicted molar refractivity (Wildman–Crippen MR) is 117 cm³/mol. The normalized spacial score (nSPS) is 28.0. The van der Waals surface area contributed by atoms with Crippen molar-refractivity contribution in [2.45, 2.75) is 55.9 Å². The highest BCUT2D eigenvalue weighted by Gasteiger charge is 2.45. The number of hydrogen-bond donors (Lipinski definition) is 1. The lowest BCUT2D eigenvalue weighted by Crippen LogP contribution is -2.54. The van der Waals surface area contributed by atoms with Crippen molar-refractivity contribution in [1.82, 2.24) is 14.9 Å². The molecular formula is C24H25F3N5O+. The SMILES string of the molecule is FC(F)(F)c1cc2c(/N=C/C3c4ccccc4CC[C@@H]3N3C4CCC3COC4)[nH+]cnc2[nH]1. The van der Waals surface area contributed by atoms with Crippen molar-refractivity contribution in [2.75, 3.05) is 13.2 Å². The van der Waals surface area contributed by atoms with Crippen LogP contribution in [0, 0.1) is 0 Å². The van der Waals surface area contributed by atoms with E-state index in [0.29, 0.717) is 29.3 Å². The number of aromatic amines is 2. The number of morpholine rings is 1. The Morgan fingerprint density at radius 2 is 1.94 bits per heavy atom. The van der Waals surface area contributed by atoms with Crippen molar-refractivity contribution in [2.24, 2.45) is 4.99 Å². The van der Waals surface area contributed by atoms with Crippen molar-refractivity contribution in [1.29, 1.82) is 0 Å². The summed E-state index contributed by atoms with van der Waals surface area (Å²) < 4.78 is 45.4. The third kappa shape index (κ3) is 3.63. The molecule has 0 radical (unpaired) electrons. The van der Waals surface area contributed by atoms with Gasteiger partial charge in [0.15, 0.2) is 0 Å². The van der Waals surface area contributed by atoms with Crippen LogP contribution < -0.4 is 4.98 Å². The lowest BCUT2D eigenvalue weighted by atomic mass is 9.78. The number of aliphatic imine (C=N–C) groups is 1. The number of benzene rings is 1. The van der Waals surface area contributed by atoms with Crippen LogP contribution in [0.2, 0.25) is 0 Å². The van der Waals surface area contributed by atoms with E-state index in [1.165, 1.54) is 17.5 Å². The van der Waals surface area contributed by atoms with E-state index >= 15 is 0 Å². The van der Waals surface area contributed by atoms with Gasteiger partial charge in [-0.2, -0.15) is 13.2 Å². The number of alkyl halides is 3. The van der Waals surface area contributed by atoms with Crippen LogP contribution in [0.15, 0.2) is 41.7 Å². The molecular weight excluding hydrogens is 431 g/mol. The molecule has 172 valence electrons. The molecule has 3 aliphatic rings. The highest BCUT2D eigenvalue weighted by Crippen LogP contribution is 2.41. The number of H-pyrrole nitrogens is 2. The molecule has 2 bridgehead atoms. The second kappa shape index (κ2) is 7.92. The van der Waals surface area contributed by atoms with Crippen LogP contribution in [-0.2, 0) is 17.3 Å². The van der Waals surface area contributed by atoms with Crippen LogP contribution in [0.4, 0.5) is 19.0 Å². The van der Waals surface area contributed by atoms with Gasteiger partial charge in [0, 0.05) is 18.1 Å². The first-order chi connectivity index (χ1) is 16.0. The van der Waals surface area contributed by atoms with E-state index < -0.39 is 11.9 Å². The zero-order chi connectivity index (χ0) is 22.6. The number of hydrogen-bond acceptors (Lipinski definition) is 4. The Morgan fingerprint density at radius 3 is 2.73 bits per heavy atom. The molecule has 2 N–H and O–H groups in total. The van der Waals surface area contributed by atoms with E-state index in [9.17, 15) is 13.2 Å². The third-order valence-electron chi connectivity index (χ3n) is 7.33. The van der Waals surface area contributed by atoms with Gasteiger partial charge in [-0.3, -0.25) is 4.90 Å². The van der Waals surface area contributed by atoms with Gasteiger partial charge in [0.25, 0.3) is 5.82 Å². The first-order valence-corrected chi connectivity index (χ1v) is 11.4. The molecule has 0 saturated carbocycles. The molecule has 6 nitrogen and oxygen atoms in total. The minimum atomic E-state index is -4.47. The lowest BCUT2D eigenvalue weighted by Gasteiger charge is -2.45. The van der Waals surface area contributed by atoms with E-state index in [2.05, 4.69) is 44.1 Å². The summed E-state index contributed by atoms with van der Waals surface area (Å²) in [6.45, 7) is 1.53. The molecule has 2 aliphatic heterocycles. The molecule has 1 aromatic carbocycles. The van der Waals surface area contributed by atoms with Crippen LogP contribution >= 0.6 is 0 Å². The Labute approximate surface area is 188 Å². The second-order valence-electron chi connectivity index (χ2n) is 9.17. The van der Waals surface area contributed by atoms with E-state index in [0.717, 1.165) is 45.0 Å². The molecule has 33 heavy (non-hydrogen) atoms. The highest BCUT2D eigenvalue weighted by molar-refractivity contribution is 5.87. The minimum absolute atomic E-state index is 0.0498. The first kappa shape index (κ1) is 20.8. The summed E-state index contributed by atoms with van der Waals surface area (Å²) in [7, 11) is 0. The number of rotatable bonds is 3. The standard InChI is InChI=1S/C24H24F3N5O/c25-24(26,27)21-9-18-22(29-13-30-23(18)31-21)28-10-19-17-4-2-1-3-14(17)5-8-20(19)32-15-6-7-16(32)12-33-11-15/h1-4,9-10,13,15-16,19-20H,5-8,11-12H2,(H,29,30,31)/p+1/b28-10+/t15?,16?,19?,20-/m0/s1. The van der Waals surface area contributed by atoms with E-state index in [1.54, 1.807) is 0 Å². The maximum Gasteiger partial charge on any atom is 0.431 e. The fourth-order valence-corrected chi connectivity index (χ4v) is 5.87. The number of nitrogens with one attached hydrogen (secondary N) is 2. The molecule has 6 rings (SSSR count). The van der Waals surface area contributed by atoms with Gasteiger partial charge in [-0.05, 0) is 42.9 Å². The molecule has 4 heterocycles. The third-order valence-corrected chi connectivity index (χ3v) is 7.33. The highest BCUT2D eigenvalue weighted by atomic mass is 19.4. The van der Waals surface area contributed by atoms with Gasteiger partial charge in [0.05, 0.1) is 25.3 Å². The molecule has 2 saturated heterocycles. The Hall–Kier alpha value is -2.78. The van der Waals surface area contributed by atoms with Gasteiger partial charge in [-0.15, -0.1) is 4.99 Å². The summed E-state index contributed by atoms with van der Waals surface area (Å²) in [5.74, 6) is 0.423. The molecule has 9 heteroatoms. The van der Waals surface area contributed by atoms with E-state index in [4.69, 9.17) is 9.73 Å². The fraction of sp³-hybridized carbons (Fsp3) is 0.458. The molecule has 0 amide bonds. The smallest absolute Gasteiger partial charge is 0.378 e. The Kier molecular flexibility index (Phi) is 4.99. The van der Waals surface area contributed by atoms with Gasteiger partial charge < -0.3 is 9.72 Å². The van der Waals surface area contributed by atoms with Crippen LogP contribution in [0.5, 0.6) is 0 Å². The number of ether oxygens (including phenoxy) is 1. The van der Waals surface area contributed by atoms with Crippen molar-refractivity contribution in [3.8, 4) is 0 Å². The molecule has 4 atom stereocenters. The Balaban J connectivity index is 1.39. The van der Waals surface area contributed by atoms with Gasteiger partial charge in [-0.25, -0.2) is 4.98 Å². The lowest BCUT2D eigenvalue weighted by molar-refractivity contribution is -0.365. The summed E-state index contributed by atoms with van der Waals surface area (Å²) in [5, 5.41) is 0.327. The van der Waals surface area contributed by atoms with Crippen molar-refractivity contribution >= 4 is 23.1 Å². The topological polar surface area (TPSA) is 67.7 Å². The van der Waals surface area contributed by atoms with E-state index in [1.807, 2.05) is 6.21 Å². The summed E-state index contributed by atoms with van der Waals surface area (Å²) in [6.07, 6.45) is 3.16. The molecule has 3 aromatic rings. The maximum atomic E-state index is 13.2. The Morgan fingerprint density at radius 1 is 1.15 bits per heavy atom. The number of nitrogens with zero attached hydrogens (tertiary/aromatic N) is 3. The molecule has 2 aromatic heterocycles. The molecule has 3 unspecified atom stereocenters. The zero-order valence-electron chi connectivity index (χ0n) is 18.0. The maximum absolute atomic E-state index is 13.2. The van der Waals surface area contributed by atoms with Gasteiger partial charge in [0.1, 0.15) is 11.1 Å². The predicted octanol–water partition coefficient (Wildman–Crippen LogP) is 4.06. The van der Waals surface area contributed by atoms with Crippen LogP contribution in [0.1, 0.15) is 42.0 Å². The number of halogens is 3. The van der Waals surface area contributed by atoms with Crippen LogP contribution in [0.25, 0.3) is 11.0 Å². The largest absolute Gasteiger partial charge is 0.431 e. The van der Waals surface area contributed by atoms with Gasteiger partial charge >= 0.3 is 6.18 Å². The molecule has 2 fully saturated rings. The Bertz CT molecular complexity index is 1190. The van der Waals surface area contributed by atoms with Crippen molar-refractivity contribution < 1.29 is 22.9 Å². The summed E-state index contributed by atoms with van der Waals surface area (Å²) in [5.41, 5.74) is 1.90. The number of fused-ring (bicyclic) bond motifs is 4. The summed E-state index contributed by atoms with van der Waals surface area (Å²) >= 11 is 0. The molecule has 0 spiro atoms. The minimum Gasteiger partial charge on any atom is -0.378 e. The monoisotopic (exact) mass is 456 g/mol. The quantitative estimate of drug-likeness (QED) is 0.605. The van der Waals surface area contributed by atoms with Crippen LogP contribution in [-0.4, -0.2) is 52.4 Å². The fourth-order valence-electron chi connectivity index (χ4n) is 5.87. The zero-order valence-corrected chi connectivity index (χ0v) is 18.0. The van der Waals surface area contributed by atoms with E-state index in [-0.39, 0.29) is 11.6 Å². The summed E-state index contributed by atoms with van der Waals surface area (Å²) in [6, 6.07) is 10.6. The van der Waals surface area contributed by atoms with Crippen molar-refractivity contribution in [3.63, 3.8) is 0 Å². The van der Waals surface area contributed by atoms with Gasteiger partial charge in [-0.1, -0.05) is 29.2 Å². The number of aryl methyl sites for hydroxylation is 1. The summed E-state index contributed by atoms with van der Waals surface area (Å²) in [4.78, 5) is 16.6. The second-order valence-corrected chi connectivity index (χ2v) is 9.17. The molecule has 1 aliphatic carbocycles. The average Bonchev–Trinajstić information content (AvgIpc) is 3.36. The van der Waals surface area contributed by atoms with Crippen molar-refractivity contribution in [3.05, 3.63) is 53.5 Å².